The first-order valence-corrected chi connectivity index (χ1v) is 8.39. The van der Waals surface area contributed by atoms with Crippen molar-refractivity contribution in [3.63, 3.8) is 0 Å². The van der Waals surface area contributed by atoms with Crippen LogP contribution in [-0.4, -0.2) is 17.7 Å². The highest BCUT2D eigenvalue weighted by Crippen LogP contribution is 2.34. The summed E-state index contributed by atoms with van der Waals surface area (Å²) in [5.74, 6) is 0. The highest BCUT2D eigenvalue weighted by Gasteiger charge is 2.06. The highest BCUT2D eigenvalue weighted by atomic mass is 79.9. The molecule has 0 aliphatic carbocycles. The number of carbonyl (C=O) groups is 1. The Morgan fingerprint density at radius 3 is 2.53 bits per heavy atom. The molecular weight excluding hydrogens is 512 g/mol. The molecule has 0 heterocycles. The molecule has 8 heteroatoms. The Hall–Kier alpha value is 0.0800. The van der Waals surface area contributed by atoms with Crippen LogP contribution in [0.1, 0.15) is 12.8 Å². The molecule has 0 atom stereocenters. The van der Waals surface area contributed by atoms with Crippen LogP contribution in [0.4, 0.5) is 5.69 Å². The van der Waals surface area contributed by atoms with Crippen LogP contribution in [0, 0.1) is 0 Å². The molecule has 0 saturated heterocycles. The van der Waals surface area contributed by atoms with E-state index in [0.717, 1.165) is 23.7 Å². The second kappa shape index (κ2) is 9.10. The Bertz CT molecular complexity index is 457. The van der Waals surface area contributed by atoms with Crippen molar-refractivity contribution in [2.75, 3.05) is 12.0 Å². The number of halogens is 4. The lowest BCUT2D eigenvalue weighted by molar-refractivity contribution is -0.128. The van der Waals surface area contributed by atoms with Crippen LogP contribution >= 0.6 is 63.7 Å². The molecule has 0 bridgehead atoms. The fraction of sp³-hybridized carbons (Fsp3) is 0.273. The average molecular weight is 522 g/mol. The minimum absolute atomic E-state index is 0.389. The normalized spacial score (nSPS) is 11.3. The van der Waals surface area contributed by atoms with Crippen molar-refractivity contribution in [3.8, 4) is 0 Å². The van der Waals surface area contributed by atoms with Gasteiger partial charge in [-0.3, -0.25) is 10.2 Å². The van der Waals surface area contributed by atoms with Gasteiger partial charge in [0.15, 0.2) is 0 Å². The van der Waals surface area contributed by atoms with Gasteiger partial charge in [0.1, 0.15) is 4.62 Å². The maximum atomic E-state index is 9.97. The third kappa shape index (κ3) is 6.37. The quantitative estimate of drug-likeness (QED) is 0.237. The molecule has 0 amide bonds. The van der Waals surface area contributed by atoms with E-state index in [4.69, 9.17) is 0 Å². The third-order valence-corrected chi connectivity index (χ3v) is 4.29. The summed E-state index contributed by atoms with van der Waals surface area (Å²) in [6.07, 6.45) is 1.40. The van der Waals surface area contributed by atoms with Crippen LogP contribution in [-0.2, 0) is 9.53 Å². The number of hydrazone groups is 1. The number of rotatable bonds is 7. The molecule has 104 valence electrons. The lowest BCUT2D eigenvalue weighted by Gasteiger charge is -2.08. The molecule has 0 aliphatic heterocycles. The predicted molar refractivity (Wildman–Crippen MR) is 90.8 cm³/mol. The maximum Gasteiger partial charge on any atom is 0.293 e. The first-order valence-electron chi connectivity index (χ1n) is 5.22. The van der Waals surface area contributed by atoms with E-state index in [0.29, 0.717) is 25.9 Å². The Kier molecular flexibility index (Phi) is 8.20. The molecule has 0 spiro atoms. The van der Waals surface area contributed by atoms with Gasteiger partial charge in [-0.1, -0.05) is 15.9 Å². The highest BCUT2D eigenvalue weighted by molar-refractivity contribution is 9.18. The number of ether oxygens (including phenoxy) is 1. The summed E-state index contributed by atoms with van der Waals surface area (Å²) in [6.45, 7) is 0.832. The lowest BCUT2D eigenvalue weighted by Crippen LogP contribution is -1.99. The van der Waals surface area contributed by atoms with E-state index in [1.807, 2.05) is 12.1 Å². The fourth-order valence-corrected chi connectivity index (χ4v) is 3.98. The van der Waals surface area contributed by atoms with Gasteiger partial charge in [-0.2, -0.15) is 5.10 Å². The monoisotopic (exact) mass is 518 g/mol. The SMILES string of the molecule is O=COCCC/C(Br)=N/Nc1c(Br)cc(Br)cc1Br. The summed E-state index contributed by atoms with van der Waals surface area (Å²) >= 11 is 13.7. The van der Waals surface area contributed by atoms with Gasteiger partial charge in [-0.05, 0) is 66.3 Å². The molecule has 1 aromatic rings. The predicted octanol–water partition coefficient (Wildman–Crippen LogP) is 5.05. The van der Waals surface area contributed by atoms with Crippen molar-refractivity contribution in [2.24, 2.45) is 5.10 Å². The Balaban J connectivity index is 2.57. The Labute approximate surface area is 144 Å². The standard InChI is InChI=1S/C11H10Br4N2O2/c12-7-4-8(13)11(9(14)5-7)17-16-10(15)2-1-3-19-6-18/h4-6,17H,1-3H2/b16-10-. The minimum atomic E-state index is 0.389. The Morgan fingerprint density at radius 2 is 1.95 bits per heavy atom. The zero-order chi connectivity index (χ0) is 14.3. The van der Waals surface area contributed by atoms with Crippen molar-refractivity contribution in [1.82, 2.24) is 0 Å². The molecule has 0 aromatic heterocycles. The summed E-state index contributed by atoms with van der Waals surface area (Å²) in [5, 5.41) is 4.21. The number of benzene rings is 1. The van der Waals surface area contributed by atoms with Gasteiger partial charge in [0.05, 0.1) is 12.3 Å². The van der Waals surface area contributed by atoms with Crippen LogP contribution in [0.2, 0.25) is 0 Å². The molecule has 1 rings (SSSR count). The van der Waals surface area contributed by atoms with E-state index in [1.165, 1.54) is 0 Å². The van der Waals surface area contributed by atoms with E-state index >= 15 is 0 Å². The molecule has 0 fully saturated rings. The van der Waals surface area contributed by atoms with Crippen molar-refractivity contribution < 1.29 is 9.53 Å². The summed E-state index contributed by atoms with van der Waals surface area (Å²) in [5.41, 5.74) is 3.80. The number of nitrogens with zero attached hydrogens (tertiary/aromatic N) is 1. The molecule has 0 radical (unpaired) electrons. The van der Waals surface area contributed by atoms with Crippen LogP contribution in [0.3, 0.4) is 0 Å². The second-order valence-corrected chi connectivity index (χ2v) is 6.95. The van der Waals surface area contributed by atoms with Crippen molar-refractivity contribution in [1.29, 1.82) is 0 Å². The van der Waals surface area contributed by atoms with Crippen molar-refractivity contribution >= 4 is 80.5 Å². The van der Waals surface area contributed by atoms with E-state index in [9.17, 15) is 4.79 Å². The summed E-state index contributed by atoms with van der Waals surface area (Å²) in [6, 6.07) is 3.85. The van der Waals surface area contributed by atoms with E-state index in [-0.39, 0.29) is 0 Å². The van der Waals surface area contributed by atoms with Crippen LogP contribution < -0.4 is 5.43 Å². The summed E-state index contributed by atoms with van der Waals surface area (Å²) < 4.78 is 8.10. The number of carbonyl (C=O) groups excluding carboxylic acids is 1. The Morgan fingerprint density at radius 1 is 1.32 bits per heavy atom. The summed E-state index contributed by atoms with van der Waals surface area (Å²) in [7, 11) is 0. The van der Waals surface area contributed by atoms with Crippen molar-refractivity contribution in [2.45, 2.75) is 12.8 Å². The molecule has 0 saturated carbocycles. The van der Waals surface area contributed by atoms with E-state index < -0.39 is 0 Å². The van der Waals surface area contributed by atoms with Gasteiger partial charge >= 0.3 is 0 Å². The minimum Gasteiger partial charge on any atom is -0.468 e. The molecule has 1 N–H and O–H groups in total. The summed E-state index contributed by atoms with van der Waals surface area (Å²) in [4.78, 5) is 9.97. The first kappa shape index (κ1) is 17.1. The van der Waals surface area contributed by atoms with Crippen LogP contribution in [0.25, 0.3) is 0 Å². The smallest absolute Gasteiger partial charge is 0.293 e. The van der Waals surface area contributed by atoms with Gasteiger partial charge in [0, 0.05) is 19.8 Å². The van der Waals surface area contributed by atoms with E-state index in [1.54, 1.807) is 0 Å². The third-order valence-electron chi connectivity index (χ3n) is 2.01. The largest absolute Gasteiger partial charge is 0.468 e. The zero-order valence-corrected chi connectivity index (χ0v) is 16.0. The van der Waals surface area contributed by atoms with E-state index in [2.05, 4.69) is 79.0 Å². The van der Waals surface area contributed by atoms with Crippen molar-refractivity contribution in [3.05, 3.63) is 25.6 Å². The van der Waals surface area contributed by atoms with Crippen LogP contribution in [0.5, 0.6) is 0 Å². The van der Waals surface area contributed by atoms with Crippen LogP contribution in [0.15, 0.2) is 30.7 Å². The van der Waals surface area contributed by atoms with Gasteiger partial charge in [-0.25, -0.2) is 0 Å². The molecule has 0 unspecified atom stereocenters. The molecule has 0 aliphatic rings. The molecule has 19 heavy (non-hydrogen) atoms. The fourth-order valence-electron chi connectivity index (χ4n) is 1.17. The molecule has 1 aromatic carbocycles. The van der Waals surface area contributed by atoms with Gasteiger partial charge < -0.3 is 4.74 Å². The first-order chi connectivity index (χ1) is 9.04. The molecular formula is C11H10Br4N2O2. The van der Waals surface area contributed by atoms with Gasteiger partial charge in [-0.15, -0.1) is 0 Å². The number of nitrogens with one attached hydrogen (secondary N) is 1. The number of hydrogen-bond acceptors (Lipinski definition) is 4. The maximum absolute atomic E-state index is 9.97. The second-order valence-electron chi connectivity index (χ2n) is 3.41. The molecule has 4 nitrogen and oxygen atoms in total. The van der Waals surface area contributed by atoms with Gasteiger partial charge in [0.2, 0.25) is 0 Å². The number of hydrogen-bond donors (Lipinski definition) is 1. The van der Waals surface area contributed by atoms with Gasteiger partial charge in [0.25, 0.3) is 6.47 Å². The zero-order valence-electron chi connectivity index (χ0n) is 9.63. The lowest BCUT2D eigenvalue weighted by atomic mass is 10.3. The topological polar surface area (TPSA) is 50.7 Å². The number of anilines is 1. The average Bonchev–Trinajstić information content (AvgIpc) is 2.33.